The first kappa shape index (κ1) is 18.0. The number of nitrogens with one attached hydrogen (secondary N) is 1. The molecule has 1 aromatic heterocycles. The molecule has 0 amide bonds. The van der Waals surface area contributed by atoms with Crippen molar-refractivity contribution in [3.63, 3.8) is 0 Å². The molecule has 0 radical (unpaired) electrons. The van der Waals surface area contributed by atoms with Crippen molar-refractivity contribution in [2.75, 3.05) is 18.8 Å². The molecule has 1 saturated heterocycles. The van der Waals surface area contributed by atoms with Crippen LogP contribution in [0.15, 0.2) is 35.2 Å². The van der Waals surface area contributed by atoms with Gasteiger partial charge in [0.15, 0.2) is 5.82 Å². The van der Waals surface area contributed by atoms with Crippen molar-refractivity contribution in [2.45, 2.75) is 38.0 Å². The van der Waals surface area contributed by atoms with Crippen LogP contribution in [-0.2, 0) is 10.0 Å². The number of fused-ring (bicyclic) bond motifs is 1. The molecular formula is C20H24N4O2S. The van der Waals surface area contributed by atoms with Crippen LogP contribution < -0.4 is 5.73 Å². The summed E-state index contributed by atoms with van der Waals surface area (Å²) < 4.78 is 27.5. The Morgan fingerprint density at radius 1 is 1.04 bits per heavy atom. The Kier molecular flexibility index (Phi) is 4.44. The number of nitrogen functional groups attached to an aromatic ring is 1. The summed E-state index contributed by atoms with van der Waals surface area (Å²) in [4.78, 5) is 0.368. The number of aromatic amines is 1. The number of aromatic nitrogens is 2. The second-order valence-electron chi connectivity index (χ2n) is 7.21. The second-order valence-corrected chi connectivity index (χ2v) is 9.15. The summed E-state index contributed by atoms with van der Waals surface area (Å²) in [6.45, 7) is 5.19. The van der Waals surface area contributed by atoms with Gasteiger partial charge in [0.1, 0.15) is 0 Å². The van der Waals surface area contributed by atoms with Crippen LogP contribution in [0.3, 0.4) is 0 Å². The number of sulfonamides is 1. The summed E-state index contributed by atoms with van der Waals surface area (Å²) >= 11 is 0. The highest BCUT2D eigenvalue weighted by atomic mass is 32.2. The van der Waals surface area contributed by atoms with Gasteiger partial charge in [-0.2, -0.15) is 9.40 Å². The minimum atomic E-state index is -3.43. The Bertz CT molecular complexity index is 1110. The molecule has 2 heterocycles. The second kappa shape index (κ2) is 6.65. The van der Waals surface area contributed by atoms with E-state index in [4.69, 9.17) is 5.73 Å². The molecule has 1 fully saturated rings. The van der Waals surface area contributed by atoms with Crippen LogP contribution in [0.1, 0.15) is 30.4 Å². The Labute approximate surface area is 159 Å². The molecule has 0 bridgehead atoms. The first-order valence-corrected chi connectivity index (χ1v) is 10.7. The fraction of sp³-hybridized carbons (Fsp3) is 0.350. The van der Waals surface area contributed by atoms with Gasteiger partial charge in [-0.1, -0.05) is 18.6 Å². The molecule has 2 aromatic carbocycles. The SMILES string of the molecule is Cc1cc(S(=O)(=O)N2CCCCC2)ccc1-c1ccc2[nH]nc(N)c2c1C. The lowest BCUT2D eigenvalue weighted by Gasteiger charge is -2.26. The number of nitrogens with two attached hydrogens (primary N) is 1. The predicted molar refractivity (Wildman–Crippen MR) is 108 cm³/mol. The van der Waals surface area contributed by atoms with Crippen LogP contribution >= 0.6 is 0 Å². The number of benzene rings is 2. The monoisotopic (exact) mass is 384 g/mol. The molecule has 0 saturated carbocycles. The Morgan fingerprint density at radius 3 is 2.44 bits per heavy atom. The third-order valence-electron chi connectivity index (χ3n) is 5.46. The molecule has 0 spiro atoms. The average Bonchev–Trinajstić information content (AvgIpc) is 3.05. The van der Waals surface area contributed by atoms with Gasteiger partial charge in [-0.3, -0.25) is 5.10 Å². The van der Waals surface area contributed by atoms with Crippen molar-refractivity contribution >= 4 is 26.7 Å². The van der Waals surface area contributed by atoms with Gasteiger partial charge in [-0.25, -0.2) is 8.42 Å². The molecule has 0 atom stereocenters. The van der Waals surface area contributed by atoms with Crippen LogP contribution in [0.2, 0.25) is 0 Å². The largest absolute Gasteiger partial charge is 0.382 e. The van der Waals surface area contributed by atoms with Crippen molar-refractivity contribution < 1.29 is 8.42 Å². The van der Waals surface area contributed by atoms with Gasteiger partial charge < -0.3 is 5.73 Å². The molecule has 0 unspecified atom stereocenters. The fourth-order valence-corrected chi connectivity index (χ4v) is 5.56. The molecule has 142 valence electrons. The first-order valence-electron chi connectivity index (χ1n) is 9.24. The molecule has 1 aliphatic rings. The quantitative estimate of drug-likeness (QED) is 0.722. The van der Waals surface area contributed by atoms with E-state index in [0.717, 1.165) is 52.4 Å². The van der Waals surface area contributed by atoms with Gasteiger partial charge in [-0.05, 0) is 67.1 Å². The highest BCUT2D eigenvalue weighted by molar-refractivity contribution is 7.89. The molecular weight excluding hydrogens is 360 g/mol. The molecule has 7 heteroatoms. The third-order valence-corrected chi connectivity index (χ3v) is 7.35. The summed E-state index contributed by atoms with van der Waals surface area (Å²) in [5, 5.41) is 7.92. The summed E-state index contributed by atoms with van der Waals surface area (Å²) in [6, 6.07) is 9.38. The van der Waals surface area contributed by atoms with Gasteiger partial charge in [0, 0.05) is 18.5 Å². The molecule has 1 aliphatic heterocycles. The molecule has 3 aromatic rings. The lowest BCUT2D eigenvalue weighted by Crippen LogP contribution is -2.35. The van der Waals surface area contributed by atoms with Crippen LogP contribution in [0.5, 0.6) is 0 Å². The zero-order chi connectivity index (χ0) is 19.2. The number of piperidine rings is 1. The fourth-order valence-electron chi connectivity index (χ4n) is 3.96. The molecule has 27 heavy (non-hydrogen) atoms. The Morgan fingerprint density at radius 2 is 1.74 bits per heavy atom. The van der Waals surface area contributed by atoms with Crippen LogP contribution in [0.25, 0.3) is 22.0 Å². The maximum atomic E-state index is 12.9. The summed E-state index contributed by atoms with van der Waals surface area (Å²) in [7, 11) is -3.43. The number of hydrogen-bond donors (Lipinski definition) is 2. The summed E-state index contributed by atoms with van der Waals surface area (Å²) in [5.74, 6) is 0.478. The van der Waals surface area contributed by atoms with Gasteiger partial charge in [-0.15, -0.1) is 0 Å². The van der Waals surface area contributed by atoms with E-state index in [1.54, 1.807) is 16.4 Å². The molecule has 4 rings (SSSR count). The number of H-pyrrole nitrogens is 1. The van der Waals surface area contributed by atoms with Crippen LogP contribution in [0, 0.1) is 13.8 Å². The number of aryl methyl sites for hydroxylation is 2. The van der Waals surface area contributed by atoms with Crippen molar-refractivity contribution in [3.05, 3.63) is 41.5 Å². The number of nitrogens with zero attached hydrogens (tertiary/aromatic N) is 2. The van der Waals surface area contributed by atoms with Crippen molar-refractivity contribution in [2.24, 2.45) is 0 Å². The lowest BCUT2D eigenvalue weighted by molar-refractivity contribution is 0.346. The van der Waals surface area contributed by atoms with E-state index in [-0.39, 0.29) is 0 Å². The number of rotatable bonds is 3. The average molecular weight is 385 g/mol. The molecule has 6 nitrogen and oxygen atoms in total. The van der Waals surface area contributed by atoms with Gasteiger partial charge in [0.25, 0.3) is 0 Å². The topological polar surface area (TPSA) is 92.1 Å². The number of anilines is 1. The van der Waals surface area contributed by atoms with Gasteiger partial charge in [0.05, 0.1) is 10.4 Å². The minimum Gasteiger partial charge on any atom is -0.382 e. The maximum absolute atomic E-state index is 12.9. The van der Waals surface area contributed by atoms with Crippen LogP contribution in [-0.4, -0.2) is 36.0 Å². The van der Waals surface area contributed by atoms with E-state index in [0.29, 0.717) is 23.8 Å². The van der Waals surface area contributed by atoms with Crippen LogP contribution in [0.4, 0.5) is 5.82 Å². The van der Waals surface area contributed by atoms with E-state index in [1.165, 1.54) is 0 Å². The van der Waals surface area contributed by atoms with Gasteiger partial charge >= 0.3 is 0 Å². The minimum absolute atomic E-state index is 0.368. The zero-order valence-electron chi connectivity index (χ0n) is 15.6. The van der Waals surface area contributed by atoms with E-state index in [9.17, 15) is 8.42 Å². The number of hydrogen-bond acceptors (Lipinski definition) is 4. The smallest absolute Gasteiger partial charge is 0.243 e. The van der Waals surface area contributed by atoms with E-state index < -0.39 is 10.0 Å². The first-order chi connectivity index (χ1) is 12.9. The Balaban J connectivity index is 1.76. The summed E-state index contributed by atoms with van der Waals surface area (Å²) in [6.07, 6.45) is 2.96. The van der Waals surface area contributed by atoms with Crippen molar-refractivity contribution in [1.29, 1.82) is 0 Å². The van der Waals surface area contributed by atoms with Crippen molar-refractivity contribution in [1.82, 2.24) is 14.5 Å². The standard InChI is InChI=1S/C20H24N4O2S/c1-13-12-15(27(25,26)24-10-4-3-5-11-24)6-7-16(13)17-8-9-18-19(14(17)2)20(21)23-22-18/h6-9,12H,3-5,10-11H2,1-2H3,(H3,21,22,23). The zero-order valence-corrected chi connectivity index (χ0v) is 16.4. The van der Waals surface area contributed by atoms with E-state index >= 15 is 0 Å². The third kappa shape index (κ3) is 3.00. The molecule has 3 N–H and O–H groups in total. The highest BCUT2D eigenvalue weighted by Crippen LogP contribution is 2.34. The van der Waals surface area contributed by atoms with Gasteiger partial charge in [0.2, 0.25) is 10.0 Å². The normalized spacial score (nSPS) is 16.1. The molecule has 0 aliphatic carbocycles. The maximum Gasteiger partial charge on any atom is 0.243 e. The summed E-state index contributed by atoms with van der Waals surface area (Å²) in [5.41, 5.74) is 10.9. The van der Waals surface area contributed by atoms with E-state index in [2.05, 4.69) is 10.2 Å². The Hall–Kier alpha value is -2.38. The predicted octanol–water partition coefficient (Wildman–Crippen LogP) is 3.60. The highest BCUT2D eigenvalue weighted by Gasteiger charge is 2.26. The van der Waals surface area contributed by atoms with E-state index in [1.807, 2.05) is 32.0 Å². The lowest BCUT2D eigenvalue weighted by atomic mass is 9.94. The van der Waals surface area contributed by atoms with Crippen molar-refractivity contribution in [3.8, 4) is 11.1 Å².